The summed E-state index contributed by atoms with van der Waals surface area (Å²) in [5.74, 6) is 1.47. The number of likely N-dealkylation sites (tertiary alicyclic amines) is 1. The molecular weight excluding hydrogens is 200 g/mol. The highest BCUT2D eigenvalue weighted by molar-refractivity contribution is 5.37. The Morgan fingerprint density at radius 3 is 3.06 bits per heavy atom. The molecule has 1 saturated heterocycles. The van der Waals surface area contributed by atoms with E-state index in [2.05, 4.69) is 17.0 Å². The summed E-state index contributed by atoms with van der Waals surface area (Å²) in [6.07, 6.45) is 1.11. The Morgan fingerprint density at radius 2 is 2.31 bits per heavy atom. The minimum atomic E-state index is 0.504. The van der Waals surface area contributed by atoms with E-state index in [0.29, 0.717) is 12.5 Å². The van der Waals surface area contributed by atoms with Gasteiger partial charge in [0.15, 0.2) is 0 Å². The Kier molecular flexibility index (Phi) is 3.43. The van der Waals surface area contributed by atoms with E-state index in [1.54, 1.807) is 7.11 Å². The number of para-hydroxylation sites is 1. The molecule has 3 heteroatoms. The molecule has 0 saturated carbocycles. The summed E-state index contributed by atoms with van der Waals surface area (Å²) in [4.78, 5) is 2.19. The number of ether oxygens (including phenoxy) is 1. The van der Waals surface area contributed by atoms with E-state index >= 15 is 0 Å². The van der Waals surface area contributed by atoms with Gasteiger partial charge in [-0.3, -0.25) is 4.90 Å². The monoisotopic (exact) mass is 216 g/mol. The van der Waals surface area contributed by atoms with Crippen molar-refractivity contribution in [2.24, 2.45) is 0 Å². The molecule has 16 heavy (non-hydrogen) atoms. The molecular formula is C13H16N2O. The highest BCUT2D eigenvalue weighted by Gasteiger charge is 2.25. The summed E-state index contributed by atoms with van der Waals surface area (Å²) in [5.41, 5.74) is 1.27. The minimum absolute atomic E-state index is 0.504. The van der Waals surface area contributed by atoms with Crippen LogP contribution in [0.4, 0.5) is 0 Å². The lowest BCUT2D eigenvalue weighted by Crippen LogP contribution is -2.20. The number of hydrogen-bond acceptors (Lipinski definition) is 3. The maximum Gasteiger partial charge on any atom is 0.122 e. The fourth-order valence-electron chi connectivity index (χ4n) is 2.33. The Balaban J connectivity index is 2.11. The summed E-state index contributed by atoms with van der Waals surface area (Å²) in [6.45, 7) is 2.51. The second kappa shape index (κ2) is 5.00. The summed E-state index contributed by atoms with van der Waals surface area (Å²) < 4.78 is 5.37. The second-order valence-electron chi connectivity index (χ2n) is 4.12. The molecule has 1 aromatic carbocycles. The molecule has 1 aromatic rings. The quantitative estimate of drug-likeness (QED) is 0.725. The maximum absolute atomic E-state index is 8.67. The van der Waals surface area contributed by atoms with E-state index in [9.17, 15) is 0 Å². The molecule has 1 atom stereocenters. The van der Waals surface area contributed by atoms with E-state index in [-0.39, 0.29) is 0 Å². The van der Waals surface area contributed by atoms with Crippen molar-refractivity contribution in [2.45, 2.75) is 12.3 Å². The molecule has 3 nitrogen and oxygen atoms in total. The Labute approximate surface area is 96.2 Å². The van der Waals surface area contributed by atoms with Gasteiger partial charge in [-0.05, 0) is 24.6 Å². The first-order valence-corrected chi connectivity index (χ1v) is 5.57. The van der Waals surface area contributed by atoms with Crippen molar-refractivity contribution in [3.63, 3.8) is 0 Å². The van der Waals surface area contributed by atoms with E-state index in [1.165, 1.54) is 5.56 Å². The lowest BCUT2D eigenvalue weighted by Gasteiger charge is -2.15. The molecule has 0 aromatic heterocycles. The predicted octanol–water partition coefficient (Wildman–Crippen LogP) is 2.01. The van der Waals surface area contributed by atoms with Crippen LogP contribution >= 0.6 is 0 Å². The molecule has 1 aliphatic rings. The average molecular weight is 216 g/mol. The van der Waals surface area contributed by atoms with Crippen LogP contribution in [0.15, 0.2) is 24.3 Å². The molecule has 2 rings (SSSR count). The van der Waals surface area contributed by atoms with Gasteiger partial charge in [-0.1, -0.05) is 18.2 Å². The highest BCUT2D eigenvalue weighted by Crippen LogP contribution is 2.32. The smallest absolute Gasteiger partial charge is 0.122 e. The van der Waals surface area contributed by atoms with Crippen LogP contribution in [0.25, 0.3) is 0 Å². The van der Waals surface area contributed by atoms with Crippen molar-refractivity contribution in [3.05, 3.63) is 29.8 Å². The standard InChI is InChI=1S/C13H16N2O/c1-16-13-5-3-2-4-12(13)11-6-8-15(10-11)9-7-14/h2-5,11H,6,8-10H2,1H3/t11-/m0/s1. The fourth-order valence-corrected chi connectivity index (χ4v) is 2.33. The number of rotatable bonds is 3. The first-order valence-electron chi connectivity index (χ1n) is 5.57. The Morgan fingerprint density at radius 1 is 1.50 bits per heavy atom. The van der Waals surface area contributed by atoms with Crippen LogP contribution in [0.5, 0.6) is 5.75 Å². The van der Waals surface area contributed by atoms with Crippen molar-refractivity contribution >= 4 is 0 Å². The summed E-state index contributed by atoms with van der Waals surface area (Å²) in [7, 11) is 1.71. The van der Waals surface area contributed by atoms with Gasteiger partial charge in [0.1, 0.15) is 5.75 Å². The van der Waals surface area contributed by atoms with Crippen LogP contribution in [0.1, 0.15) is 17.9 Å². The first kappa shape index (κ1) is 11.0. The van der Waals surface area contributed by atoms with Crippen molar-refractivity contribution in [1.29, 1.82) is 5.26 Å². The zero-order chi connectivity index (χ0) is 11.4. The van der Waals surface area contributed by atoms with E-state index in [4.69, 9.17) is 10.00 Å². The zero-order valence-electron chi connectivity index (χ0n) is 9.52. The molecule has 84 valence electrons. The molecule has 1 fully saturated rings. The maximum atomic E-state index is 8.67. The van der Waals surface area contributed by atoms with Crippen molar-refractivity contribution < 1.29 is 4.74 Å². The van der Waals surface area contributed by atoms with Crippen molar-refractivity contribution in [3.8, 4) is 11.8 Å². The predicted molar refractivity (Wildman–Crippen MR) is 62.4 cm³/mol. The molecule has 0 amide bonds. The third-order valence-electron chi connectivity index (χ3n) is 3.15. The van der Waals surface area contributed by atoms with Crippen LogP contribution in [0.2, 0.25) is 0 Å². The van der Waals surface area contributed by atoms with Crippen LogP contribution in [0, 0.1) is 11.3 Å². The van der Waals surface area contributed by atoms with Gasteiger partial charge in [-0.25, -0.2) is 0 Å². The second-order valence-corrected chi connectivity index (χ2v) is 4.12. The van der Waals surface area contributed by atoms with Crippen LogP contribution in [-0.4, -0.2) is 31.6 Å². The van der Waals surface area contributed by atoms with Gasteiger partial charge >= 0.3 is 0 Å². The molecule has 0 unspecified atom stereocenters. The largest absolute Gasteiger partial charge is 0.496 e. The van der Waals surface area contributed by atoms with Gasteiger partial charge in [0.25, 0.3) is 0 Å². The molecule has 1 aliphatic heterocycles. The average Bonchev–Trinajstić information content (AvgIpc) is 2.78. The third-order valence-corrected chi connectivity index (χ3v) is 3.15. The Hall–Kier alpha value is -1.53. The lowest BCUT2D eigenvalue weighted by atomic mass is 9.97. The van der Waals surface area contributed by atoms with Gasteiger partial charge in [-0.2, -0.15) is 5.26 Å². The van der Waals surface area contributed by atoms with Crippen LogP contribution in [-0.2, 0) is 0 Å². The normalized spacial score (nSPS) is 20.6. The number of nitriles is 1. The van der Waals surface area contributed by atoms with E-state index in [1.807, 2.05) is 18.2 Å². The first-order chi connectivity index (χ1) is 7.85. The van der Waals surface area contributed by atoms with Gasteiger partial charge in [0, 0.05) is 12.5 Å². The Bertz CT molecular complexity index is 397. The van der Waals surface area contributed by atoms with Crippen LogP contribution in [0.3, 0.4) is 0 Å². The van der Waals surface area contributed by atoms with Crippen LogP contribution < -0.4 is 4.74 Å². The van der Waals surface area contributed by atoms with Crippen molar-refractivity contribution in [1.82, 2.24) is 4.90 Å². The number of nitrogens with zero attached hydrogens (tertiary/aromatic N) is 2. The highest BCUT2D eigenvalue weighted by atomic mass is 16.5. The molecule has 0 N–H and O–H groups in total. The van der Waals surface area contributed by atoms with E-state index in [0.717, 1.165) is 25.3 Å². The zero-order valence-corrected chi connectivity index (χ0v) is 9.52. The number of methoxy groups -OCH3 is 1. The van der Waals surface area contributed by atoms with Gasteiger partial charge in [-0.15, -0.1) is 0 Å². The SMILES string of the molecule is COc1ccccc1[C@H]1CCN(CC#N)C1. The van der Waals surface area contributed by atoms with Crippen molar-refractivity contribution in [2.75, 3.05) is 26.7 Å². The molecule has 0 radical (unpaired) electrons. The third kappa shape index (κ3) is 2.17. The lowest BCUT2D eigenvalue weighted by molar-refractivity contribution is 0.371. The number of hydrogen-bond donors (Lipinski definition) is 0. The molecule has 1 heterocycles. The van der Waals surface area contributed by atoms with Gasteiger partial charge < -0.3 is 4.74 Å². The fraction of sp³-hybridized carbons (Fsp3) is 0.462. The summed E-state index contributed by atoms with van der Waals surface area (Å²) in [6, 6.07) is 10.4. The molecule has 0 aliphatic carbocycles. The summed E-state index contributed by atoms with van der Waals surface area (Å²) >= 11 is 0. The minimum Gasteiger partial charge on any atom is -0.496 e. The molecule has 0 bridgehead atoms. The molecule has 0 spiro atoms. The summed E-state index contributed by atoms with van der Waals surface area (Å²) in [5, 5.41) is 8.67. The van der Waals surface area contributed by atoms with Gasteiger partial charge in [0.05, 0.1) is 19.7 Å². The number of benzene rings is 1. The van der Waals surface area contributed by atoms with Gasteiger partial charge in [0.2, 0.25) is 0 Å². The topological polar surface area (TPSA) is 36.3 Å². The van der Waals surface area contributed by atoms with E-state index < -0.39 is 0 Å².